The summed E-state index contributed by atoms with van der Waals surface area (Å²) in [5.74, 6) is 0.721. The average Bonchev–Trinajstić information content (AvgIpc) is 3.15. The second-order valence-corrected chi connectivity index (χ2v) is 6.95. The van der Waals surface area contributed by atoms with Crippen molar-refractivity contribution in [1.29, 1.82) is 0 Å². The van der Waals surface area contributed by atoms with Crippen LogP contribution in [0.5, 0.6) is 5.75 Å². The van der Waals surface area contributed by atoms with E-state index in [-0.39, 0.29) is 24.5 Å². The maximum Gasteiger partial charge on any atom is 0.407 e. The maximum atomic E-state index is 13.1. The van der Waals surface area contributed by atoms with E-state index in [9.17, 15) is 14.7 Å². The van der Waals surface area contributed by atoms with Gasteiger partial charge in [0.2, 0.25) is 5.91 Å². The Balaban J connectivity index is 1.81. The molecule has 2 unspecified atom stereocenters. The monoisotopic (exact) mass is 361 g/mol. The molecule has 2 heterocycles. The summed E-state index contributed by atoms with van der Waals surface area (Å²) in [7, 11) is 1.60. The van der Waals surface area contributed by atoms with Crippen molar-refractivity contribution in [3.8, 4) is 5.75 Å². The molecule has 7 heteroatoms. The van der Waals surface area contributed by atoms with Gasteiger partial charge in [-0.05, 0) is 25.8 Å². The van der Waals surface area contributed by atoms with E-state index in [1.165, 1.54) is 4.90 Å². The fourth-order valence-corrected chi connectivity index (χ4v) is 4.14. The van der Waals surface area contributed by atoms with E-state index in [1.807, 2.05) is 36.1 Å². The smallest absolute Gasteiger partial charge is 0.407 e. The van der Waals surface area contributed by atoms with Crippen LogP contribution in [-0.4, -0.2) is 77.3 Å². The van der Waals surface area contributed by atoms with Gasteiger partial charge >= 0.3 is 6.09 Å². The van der Waals surface area contributed by atoms with Crippen LogP contribution in [0, 0.1) is 0 Å². The highest BCUT2D eigenvalue weighted by molar-refractivity contribution is 5.80. The summed E-state index contributed by atoms with van der Waals surface area (Å²) < 4.78 is 5.36. The molecule has 0 spiro atoms. The molecule has 0 aromatic heterocycles. The van der Waals surface area contributed by atoms with Gasteiger partial charge in [0, 0.05) is 31.7 Å². The van der Waals surface area contributed by atoms with Crippen LogP contribution in [0.15, 0.2) is 24.3 Å². The molecule has 3 rings (SSSR count). The van der Waals surface area contributed by atoms with Gasteiger partial charge < -0.3 is 19.6 Å². The van der Waals surface area contributed by atoms with Crippen LogP contribution in [0.1, 0.15) is 25.3 Å². The number of benzene rings is 1. The minimum Gasteiger partial charge on any atom is -0.496 e. The van der Waals surface area contributed by atoms with Crippen molar-refractivity contribution in [3.63, 3.8) is 0 Å². The molecule has 0 aliphatic carbocycles. The molecule has 142 valence electrons. The molecule has 2 saturated heterocycles. The second-order valence-electron chi connectivity index (χ2n) is 6.95. The lowest BCUT2D eigenvalue weighted by atomic mass is 10.1. The largest absolute Gasteiger partial charge is 0.496 e. The van der Waals surface area contributed by atoms with Crippen LogP contribution in [0.3, 0.4) is 0 Å². The normalized spacial score (nSPS) is 23.9. The molecule has 2 amide bonds. The van der Waals surface area contributed by atoms with E-state index in [4.69, 9.17) is 4.74 Å². The number of para-hydroxylation sites is 1. The van der Waals surface area contributed by atoms with Gasteiger partial charge in [-0.2, -0.15) is 0 Å². The average molecular weight is 361 g/mol. The Kier molecular flexibility index (Phi) is 5.66. The van der Waals surface area contributed by atoms with E-state index in [0.29, 0.717) is 18.8 Å². The fraction of sp³-hybridized carbons (Fsp3) is 0.579. The van der Waals surface area contributed by atoms with Crippen LogP contribution in [0.2, 0.25) is 0 Å². The molecular weight excluding hydrogens is 334 g/mol. The van der Waals surface area contributed by atoms with Gasteiger partial charge in [-0.3, -0.25) is 9.69 Å². The summed E-state index contributed by atoms with van der Waals surface area (Å²) in [5.41, 5.74) is 0.855. The Hall–Kier alpha value is -2.28. The van der Waals surface area contributed by atoms with E-state index in [2.05, 4.69) is 4.90 Å². The highest BCUT2D eigenvalue weighted by Gasteiger charge is 2.42. The number of amides is 2. The number of hydrogen-bond acceptors (Lipinski definition) is 4. The SMILES string of the molecule is COc1ccccc1CC(=O)N1CCN(C(=O)O)C(C)C1N1CCCC1. The van der Waals surface area contributed by atoms with Gasteiger partial charge in [-0.15, -0.1) is 0 Å². The van der Waals surface area contributed by atoms with Crippen molar-refractivity contribution in [3.05, 3.63) is 29.8 Å². The van der Waals surface area contributed by atoms with Gasteiger partial charge in [-0.1, -0.05) is 18.2 Å². The molecule has 1 N–H and O–H groups in total. The summed E-state index contributed by atoms with van der Waals surface area (Å²) in [6.45, 7) is 4.48. The summed E-state index contributed by atoms with van der Waals surface area (Å²) in [5, 5.41) is 9.49. The number of methoxy groups -OCH3 is 1. The quantitative estimate of drug-likeness (QED) is 0.886. The number of hydrogen-bond donors (Lipinski definition) is 1. The highest BCUT2D eigenvalue weighted by Crippen LogP contribution is 2.26. The molecule has 26 heavy (non-hydrogen) atoms. The van der Waals surface area contributed by atoms with E-state index < -0.39 is 6.09 Å². The standard InChI is InChI=1S/C19H27N3O4/c1-14-18(20-9-5-6-10-20)22(12-11-21(14)19(24)25)17(23)13-15-7-3-4-8-16(15)26-2/h3-4,7-8,14,18H,5-6,9-13H2,1-2H3,(H,24,25). The van der Waals surface area contributed by atoms with Crippen LogP contribution in [-0.2, 0) is 11.2 Å². The molecule has 1 aromatic carbocycles. The molecule has 2 aliphatic rings. The van der Waals surface area contributed by atoms with Crippen LogP contribution >= 0.6 is 0 Å². The number of nitrogens with zero attached hydrogens (tertiary/aromatic N) is 3. The first-order valence-electron chi connectivity index (χ1n) is 9.18. The number of carbonyl (C=O) groups is 2. The number of rotatable bonds is 4. The zero-order valence-corrected chi connectivity index (χ0v) is 15.4. The van der Waals surface area contributed by atoms with Gasteiger partial charge in [-0.25, -0.2) is 4.79 Å². The number of ether oxygens (including phenoxy) is 1. The van der Waals surface area contributed by atoms with Crippen LogP contribution in [0.25, 0.3) is 0 Å². The second kappa shape index (κ2) is 7.95. The summed E-state index contributed by atoms with van der Waals surface area (Å²) in [6.07, 6.45) is 1.31. The van der Waals surface area contributed by atoms with Crippen LogP contribution in [0.4, 0.5) is 4.79 Å². The highest BCUT2D eigenvalue weighted by atomic mass is 16.5. The Labute approximate surface area is 154 Å². The van der Waals surface area contributed by atoms with E-state index in [0.717, 1.165) is 31.5 Å². The minimum absolute atomic E-state index is 0.0169. The Bertz CT molecular complexity index is 660. The summed E-state index contributed by atoms with van der Waals surface area (Å²) in [4.78, 5) is 30.2. The summed E-state index contributed by atoms with van der Waals surface area (Å²) >= 11 is 0. The van der Waals surface area contributed by atoms with Crippen molar-refractivity contribution in [2.45, 2.75) is 38.4 Å². The van der Waals surface area contributed by atoms with Crippen molar-refractivity contribution in [1.82, 2.24) is 14.7 Å². The van der Waals surface area contributed by atoms with Crippen LogP contribution < -0.4 is 4.74 Å². The van der Waals surface area contributed by atoms with Crippen molar-refractivity contribution < 1.29 is 19.4 Å². The molecule has 0 radical (unpaired) electrons. The van der Waals surface area contributed by atoms with Gasteiger partial charge in [0.25, 0.3) is 0 Å². The molecule has 0 bridgehead atoms. The first kappa shape index (κ1) is 18.5. The van der Waals surface area contributed by atoms with Gasteiger partial charge in [0.15, 0.2) is 0 Å². The topological polar surface area (TPSA) is 73.3 Å². The van der Waals surface area contributed by atoms with Gasteiger partial charge in [0.05, 0.1) is 19.6 Å². The third kappa shape index (κ3) is 3.62. The number of likely N-dealkylation sites (tertiary alicyclic amines) is 1. The van der Waals surface area contributed by atoms with E-state index in [1.54, 1.807) is 7.11 Å². The molecule has 1 aromatic rings. The Morgan fingerprint density at radius 1 is 1.12 bits per heavy atom. The zero-order chi connectivity index (χ0) is 18.7. The first-order valence-corrected chi connectivity index (χ1v) is 9.18. The number of carboxylic acid groups (broad SMARTS) is 1. The fourth-order valence-electron chi connectivity index (χ4n) is 4.14. The lowest BCUT2D eigenvalue weighted by Crippen LogP contribution is -2.66. The molecule has 2 aliphatic heterocycles. The van der Waals surface area contributed by atoms with E-state index >= 15 is 0 Å². The van der Waals surface area contributed by atoms with Crippen molar-refractivity contribution >= 4 is 12.0 Å². The van der Waals surface area contributed by atoms with Crippen molar-refractivity contribution in [2.75, 3.05) is 33.3 Å². The Morgan fingerprint density at radius 2 is 1.77 bits per heavy atom. The van der Waals surface area contributed by atoms with Crippen molar-refractivity contribution in [2.24, 2.45) is 0 Å². The third-order valence-electron chi connectivity index (χ3n) is 5.44. The lowest BCUT2D eigenvalue weighted by molar-refractivity contribution is -0.143. The molecular formula is C19H27N3O4. The molecule has 2 atom stereocenters. The molecule has 2 fully saturated rings. The maximum absolute atomic E-state index is 13.1. The first-order chi connectivity index (χ1) is 12.5. The Morgan fingerprint density at radius 3 is 2.42 bits per heavy atom. The predicted octanol–water partition coefficient (Wildman–Crippen LogP) is 1.87. The minimum atomic E-state index is -0.918. The van der Waals surface area contributed by atoms with Gasteiger partial charge in [0.1, 0.15) is 11.9 Å². The lowest BCUT2D eigenvalue weighted by Gasteiger charge is -2.48. The zero-order valence-electron chi connectivity index (χ0n) is 15.4. The predicted molar refractivity (Wildman–Crippen MR) is 97.2 cm³/mol. The number of piperazine rings is 1. The molecule has 0 saturated carbocycles. The number of carbonyl (C=O) groups excluding carboxylic acids is 1. The summed E-state index contributed by atoms with van der Waals surface area (Å²) in [6, 6.07) is 7.28. The molecule has 7 nitrogen and oxygen atoms in total. The third-order valence-corrected chi connectivity index (χ3v) is 5.44.